The van der Waals surface area contributed by atoms with Crippen LogP contribution in [0.5, 0.6) is 5.75 Å². The summed E-state index contributed by atoms with van der Waals surface area (Å²) in [6, 6.07) is 3.64. The highest BCUT2D eigenvalue weighted by Crippen LogP contribution is 2.49. The number of rotatable bonds is 5. The molecule has 3 heterocycles. The predicted molar refractivity (Wildman–Crippen MR) is 164 cm³/mol. The molecule has 2 saturated heterocycles. The van der Waals surface area contributed by atoms with Gasteiger partial charge in [-0.2, -0.15) is 0 Å². The van der Waals surface area contributed by atoms with Gasteiger partial charge in [-0.3, -0.25) is 14.9 Å². The largest absolute Gasteiger partial charge is 0.495 e. The van der Waals surface area contributed by atoms with E-state index in [1.807, 2.05) is 39.0 Å². The number of ether oxygens (including phenoxy) is 5. The molecule has 242 valence electrons. The molecule has 0 radical (unpaired) electrons. The normalized spacial score (nSPS) is 32.6. The number of carbonyl (C=O) groups is 3. The molecule has 11 nitrogen and oxygen atoms in total. The number of allylic oxidation sites excluding steroid dienone is 3. The second-order valence-electron chi connectivity index (χ2n) is 12.0. The summed E-state index contributed by atoms with van der Waals surface area (Å²) in [6.45, 7) is 7.41. The number of anilines is 1. The molecule has 4 rings (SSSR count). The van der Waals surface area contributed by atoms with E-state index in [4.69, 9.17) is 35.3 Å². The number of hydrogen-bond acceptors (Lipinski definition) is 9. The van der Waals surface area contributed by atoms with Crippen molar-refractivity contribution in [2.24, 2.45) is 5.92 Å². The Labute approximate surface area is 263 Å². The molecular formula is C32H43ClN2O9. The molecule has 1 aromatic rings. The summed E-state index contributed by atoms with van der Waals surface area (Å²) < 4.78 is 28.8. The average molecular weight is 635 g/mol. The van der Waals surface area contributed by atoms with Gasteiger partial charge in [-0.05, 0) is 44.4 Å². The van der Waals surface area contributed by atoms with E-state index in [1.54, 1.807) is 26.1 Å². The zero-order valence-electron chi connectivity index (χ0n) is 26.3. The van der Waals surface area contributed by atoms with E-state index < -0.39 is 53.7 Å². The Morgan fingerprint density at radius 3 is 2.66 bits per heavy atom. The molecule has 2 N–H and O–H groups in total. The van der Waals surface area contributed by atoms with Crippen LogP contribution < -0.4 is 15.0 Å². The van der Waals surface area contributed by atoms with Gasteiger partial charge in [-0.25, -0.2) is 4.79 Å². The number of aliphatic hydroxyl groups is 1. The number of alkyl carbamates (subject to hydrolysis) is 1. The van der Waals surface area contributed by atoms with Crippen molar-refractivity contribution in [2.45, 2.75) is 95.5 Å². The second-order valence-corrected chi connectivity index (χ2v) is 12.4. The quantitative estimate of drug-likeness (QED) is 0.355. The summed E-state index contributed by atoms with van der Waals surface area (Å²) in [6.07, 6.45) is 2.47. The molecule has 12 heteroatoms. The number of nitrogens with one attached hydrogen (secondary N) is 1. The number of halogens is 1. The molecule has 0 spiro atoms. The maximum absolute atomic E-state index is 13.8. The number of methoxy groups -OCH3 is 2. The van der Waals surface area contributed by atoms with Gasteiger partial charge in [0.05, 0.1) is 25.3 Å². The van der Waals surface area contributed by atoms with Crippen LogP contribution in [-0.2, 0) is 35.0 Å². The van der Waals surface area contributed by atoms with Crippen LogP contribution in [0, 0.1) is 5.92 Å². The Kier molecular flexibility index (Phi) is 10.3. The van der Waals surface area contributed by atoms with Crippen LogP contribution in [0.15, 0.2) is 35.9 Å². The zero-order chi connectivity index (χ0) is 32.4. The van der Waals surface area contributed by atoms with Crippen molar-refractivity contribution >= 4 is 35.3 Å². The molecule has 1 aromatic carbocycles. The van der Waals surface area contributed by atoms with Crippen LogP contribution in [-0.4, -0.2) is 80.1 Å². The topological polar surface area (TPSA) is 136 Å². The lowest BCUT2D eigenvalue weighted by Gasteiger charge is -2.42. The molecule has 2 fully saturated rings. The van der Waals surface area contributed by atoms with Crippen molar-refractivity contribution in [3.05, 3.63) is 46.5 Å². The lowest BCUT2D eigenvalue weighted by molar-refractivity contribution is -0.153. The van der Waals surface area contributed by atoms with E-state index in [-0.39, 0.29) is 30.2 Å². The summed E-state index contributed by atoms with van der Waals surface area (Å²) in [5, 5.41) is 14.4. The third kappa shape index (κ3) is 7.06. The minimum Gasteiger partial charge on any atom is -0.495 e. The van der Waals surface area contributed by atoms with Gasteiger partial charge >= 0.3 is 12.1 Å². The van der Waals surface area contributed by atoms with Crippen LogP contribution in [0.25, 0.3) is 0 Å². The number of hydrogen-bond donors (Lipinski definition) is 2. The molecule has 7 atom stereocenters. The zero-order valence-corrected chi connectivity index (χ0v) is 27.1. The van der Waals surface area contributed by atoms with E-state index in [2.05, 4.69) is 5.32 Å². The van der Waals surface area contributed by atoms with E-state index in [0.717, 1.165) is 11.1 Å². The Hall–Kier alpha value is -3.12. The Balaban J connectivity index is 1.79. The van der Waals surface area contributed by atoms with E-state index >= 15 is 0 Å². The number of amides is 2. The molecule has 4 bridgehead atoms. The molecule has 0 unspecified atom stereocenters. The third-order valence-corrected chi connectivity index (χ3v) is 9.06. The second kappa shape index (κ2) is 13.5. The van der Waals surface area contributed by atoms with Crippen molar-refractivity contribution in [3.63, 3.8) is 0 Å². The van der Waals surface area contributed by atoms with Crippen molar-refractivity contribution in [1.29, 1.82) is 0 Å². The van der Waals surface area contributed by atoms with Crippen molar-refractivity contribution in [3.8, 4) is 5.75 Å². The van der Waals surface area contributed by atoms with Gasteiger partial charge in [-0.15, -0.1) is 0 Å². The maximum atomic E-state index is 13.8. The number of esters is 1. The third-order valence-electron chi connectivity index (χ3n) is 8.68. The lowest BCUT2D eigenvalue weighted by Crippen LogP contribution is -2.63. The van der Waals surface area contributed by atoms with Gasteiger partial charge < -0.3 is 33.7 Å². The average Bonchev–Trinajstić information content (AvgIpc) is 3.66. The summed E-state index contributed by atoms with van der Waals surface area (Å²) >= 11 is 6.68. The van der Waals surface area contributed by atoms with Crippen molar-refractivity contribution in [1.82, 2.24) is 5.32 Å². The van der Waals surface area contributed by atoms with Crippen molar-refractivity contribution < 1.29 is 43.2 Å². The van der Waals surface area contributed by atoms with Crippen LogP contribution in [0.3, 0.4) is 0 Å². The van der Waals surface area contributed by atoms with E-state index in [9.17, 15) is 19.5 Å². The van der Waals surface area contributed by atoms with Crippen LogP contribution in [0.1, 0.15) is 58.9 Å². The summed E-state index contributed by atoms with van der Waals surface area (Å²) in [5.41, 5.74) is -0.561. The smallest absolute Gasteiger partial charge is 0.409 e. The fraction of sp³-hybridized carbons (Fsp3) is 0.594. The van der Waals surface area contributed by atoms with Gasteiger partial charge in [0, 0.05) is 32.9 Å². The number of epoxide rings is 1. The number of nitrogens with zero attached hydrogens (tertiary/aromatic N) is 1. The van der Waals surface area contributed by atoms with Crippen LogP contribution in [0.4, 0.5) is 10.5 Å². The van der Waals surface area contributed by atoms with E-state index in [1.165, 1.54) is 19.1 Å². The number of carbonyl (C=O) groups excluding carboxylic acids is 3. The minimum atomic E-state index is -1.76. The maximum Gasteiger partial charge on any atom is 0.409 e. The van der Waals surface area contributed by atoms with Crippen molar-refractivity contribution in [2.75, 3.05) is 26.2 Å². The fourth-order valence-corrected chi connectivity index (χ4v) is 6.34. The number of benzene rings is 1. The molecule has 2 amide bonds. The van der Waals surface area contributed by atoms with Crippen LogP contribution >= 0.6 is 11.6 Å². The fourth-order valence-electron chi connectivity index (χ4n) is 6.03. The monoisotopic (exact) mass is 634 g/mol. The first-order valence-corrected chi connectivity index (χ1v) is 15.2. The molecular weight excluding hydrogens is 592 g/mol. The first-order valence-electron chi connectivity index (χ1n) is 14.8. The summed E-state index contributed by atoms with van der Waals surface area (Å²) in [7, 11) is 4.57. The van der Waals surface area contributed by atoms with Gasteiger partial charge in [0.15, 0.2) is 5.72 Å². The molecule has 0 aliphatic carbocycles. The highest BCUT2D eigenvalue weighted by Gasteiger charge is 2.64. The highest BCUT2D eigenvalue weighted by atomic mass is 35.5. The summed E-state index contributed by atoms with van der Waals surface area (Å²) in [5.74, 6) is -0.813. The molecule has 3 aliphatic heterocycles. The van der Waals surface area contributed by atoms with Gasteiger partial charge in [0.1, 0.15) is 34.7 Å². The Bertz CT molecular complexity index is 1330. The summed E-state index contributed by atoms with van der Waals surface area (Å²) in [4.78, 5) is 40.6. The molecule has 3 aliphatic rings. The van der Waals surface area contributed by atoms with Gasteiger partial charge in [0.2, 0.25) is 5.91 Å². The van der Waals surface area contributed by atoms with Crippen LogP contribution in [0.2, 0.25) is 5.02 Å². The Morgan fingerprint density at radius 2 is 2.00 bits per heavy atom. The number of fused-ring (bicyclic) bond motifs is 5. The lowest BCUT2D eigenvalue weighted by atomic mass is 9.83. The SMILES string of the molecule is CCCC(=O)O[C@H]1CC(=O)N(C)c2cc(cc(OC)c2Cl)CC(C)=CC=C[C@@H](OC)[C@@]2(O)C[C@H](OC(=O)N2)[C@@H](C)[C@@H]2O[C@@]12C. The van der Waals surface area contributed by atoms with Gasteiger partial charge in [-0.1, -0.05) is 49.2 Å². The molecule has 44 heavy (non-hydrogen) atoms. The standard InChI is InChI=1S/C32H43ClN2O9/c1-8-10-27(37)43-25-16-26(36)35(5)21-14-20(15-22(40-6)28(21)33)13-18(2)11-9-12-24(41-7)32(39)17-23(42-30(38)34-32)19(3)29-31(25,4)44-29/h9,11-12,14-15,19,23-25,29,39H,8,10,13,16-17H2,1-7H3,(H,34,38)/t19-,23+,24-,25+,29+,31+,32+/m1/s1. The first kappa shape index (κ1) is 33.8. The molecule has 0 saturated carbocycles. The highest BCUT2D eigenvalue weighted by molar-refractivity contribution is 6.35. The van der Waals surface area contributed by atoms with E-state index in [0.29, 0.717) is 24.3 Å². The van der Waals surface area contributed by atoms with Gasteiger partial charge in [0.25, 0.3) is 0 Å². The minimum absolute atomic E-state index is 0.00742. The Morgan fingerprint density at radius 1 is 1.27 bits per heavy atom. The molecule has 0 aromatic heterocycles. The predicted octanol–water partition coefficient (Wildman–Crippen LogP) is 4.47. The first-order chi connectivity index (χ1) is 20.8.